The third-order valence-corrected chi connectivity index (χ3v) is 4.15. The number of rotatable bonds is 4. The maximum Gasteiger partial charge on any atom is 0.162 e. The molecule has 0 aliphatic rings. The molecule has 1 N–H and O–H groups in total. The van der Waals surface area contributed by atoms with Gasteiger partial charge >= 0.3 is 0 Å². The third kappa shape index (κ3) is 2.80. The number of aromatic nitrogens is 2. The van der Waals surface area contributed by atoms with Crippen molar-refractivity contribution >= 4 is 33.2 Å². The summed E-state index contributed by atoms with van der Waals surface area (Å²) < 4.78 is 10.7. The minimum absolute atomic E-state index is 0.644. The molecular formula is C20H17N3O2. The zero-order valence-electron chi connectivity index (χ0n) is 14.0. The molecule has 5 heteroatoms. The number of hydrogen-bond acceptors (Lipinski definition) is 5. The molecule has 0 fully saturated rings. The fourth-order valence-corrected chi connectivity index (χ4v) is 2.89. The van der Waals surface area contributed by atoms with E-state index in [1.54, 1.807) is 14.2 Å². The number of fused-ring (bicyclic) bond motifs is 2. The topological polar surface area (TPSA) is 56.3 Å². The Balaban J connectivity index is 1.79. The fraction of sp³-hybridized carbons (Fsp3) is 0.100. The summed E-state index contributed by atoms with van der Waals surface area (Å²) in [5.74, 6) is 2.01. The van der Waals surface area contributed by atoms with Crippen molar-refractivity contribution in [3.05, 3.63) is 60.9 Å². The van der Waals surface area contributed by atoms with Gasteiger partial charge in [0.15, 0.2) is 11.5 Å². The molecule has 0 unspecified atom stereocenters. The number of hydrogen-bond donors (Lipinski definition) is 1. The van der Waals surface area contributed by atoms with E-state index in [4.69, 9.17) is 9.47 Å². The summed E-state index contributed by atoms with van der Waals surface area (Å²) in [7, 11) is 3.23. The molecule has 0 saturated heterocycles. The standard InChI is InChI=1S/C20H17N3O2/c1-24-18-10-16-17(11-19(18)25-2)21-12-22-20(16)23-15-8-7-13-5-3-4-6-14(13)9-15/h3-12H,1-2H3,(H,21,22,23). The first-order chi connectivity index (χ1) is 12.3. The molecular weight excluding hydrogens is 314 g/mol. The summed E-state index contributed by atoms with van der Waals surface area (Å²) in [6, 6.07) is 18.2. The monoisotopic (exact) mass is 331 g/mol. The summed E-state index contributed by atoms with van der Waals surface area (Å²) in [5, 5.41) is 6.62. The number of nitrogens with zero attached hydrogens (tertiary/aromatic N) is 2. The van der Waals surface area contributed by atoms with E-state index in [1.165, 1.54) is 17.1 Å². The van der Waals surface area contributed by atoms with Crippen molar-refractivity contribution in [3.8, 4) is 11.5 Å². The van der Waals surface area contributed by atoms with Crippen LogP contribution in [0.2, 0.25) is 0 Å². The summed E-state index contributed by atoms with van der Waals surface area (Å²) in [5.41, 5.74) is 1.75. The lowest BCUT2D eigenvalue weighted by atomic mass is 10.1. The van der Waals surface area contributed by atoms with Gasteiger partial charge in [0, 0.05) is 17.1 Å². The van der Waals surface area contributed by atoms with Crippen molar-refractivity contribution in [1.82, 2.24) is 9.97 Å². The highest BCUT2D eigenvalue weighted by atomic mass is 16.5. The SMILES string of the molecule is COc1cc2ncnc(Nc3ccc4ccccc4c3)c2cc1OC. The summed E-state index contributed by atoms with van der Waals surface area (Å²) >= 11 is 0. The van der Waals surface area contributed by atoms with Crippen LogP contribution in [0.3, 0.4) is 0 Å². The van der Waals surface area contributed by atoms with Gasteiger partial charge in [-0.3, -0.25) is 0 Å². The van der Waals surface area contributed by atoms with Gasteiger partial charge in [0.2, 0.25) is 0 Å². The van der Waals surface area contributed by atoms with Gasteiger partial charge in [-0.1, -0.05) is 30.3 Å². The number of ether oxygens (including phenoxy) is 2. The third-order valence-electron chi connectivity index (χ3n) is 4.15. The molecule has 0 saturated carbocycles. The normalized spacial score (nSPS) is 10.8. The highest BCUT2D eigenvalue weighted by Gasteiger charge is 2.11. The number of anilines is 2. The van der Waals surface area contributed by atoms with Gasteiger partial charge in [-0.05, 0) is 29.0 Å². The Morgan fingerprint density at radius 3 is 2.36 bits per heavy atom. The Morgan fingerprint density at radius 1 is 0.800 bits per heavy atom. The zero-order valence-corrected chi connectivity index (χ0v) is 14.0. The number of nitrogens with one attached hydrogen (secondary N) is 1. The van der Waals surface area contributed by atoms with Crippen LogP contribution in [0.5, 0.6) is 11.5 Å². The second-order valence-corrected chi connectivity index (χ2v) is 5.63. The average molecular weight is 331 g/mol. The molecule has 0 spiro atoms. The van der Waals surface area contributed by atoms with Crippen molar-refractivity contribution in [1.29, 1.82) is 0 Å². The number of methoxy groups -OCH3 is 2. The van der Waals surface area contributed by atoms with E-state index in [9.17, 15) is 0 Å². The maximum atomic E-state index is 5.40. The molecule has 4 aromatic rings. The van der Waals surface area contributed by atoms with Crippen molar-refractivity contribution in [2.45, 2.75) is 0 Å². The molecule has 0 bridgehead atoms. The Kier molecular flexibility index (Phi) is 3.82. The molecule has 3 aromatic carbocycles. The van der Waals surface area contributed by atoms with Crippen molar-refractivity contribution in [2.24, 2.45) is 0 Å². The second-order valence-electron chi connectivity index (χ2n) is 5.63. The quantitative estimate of drug-likeness (QED) is 0.595. The molecule has 0 aliphatic carbocycles. The van der Waals surface area contributed by atoms with Gasteiger partial charge < -0.3 is 14.8 Å². The molecule has 0 amide bonds. The van der Waals surface area contributed by atoms with Crippen LogP contribution < -0.4 is 14.8 Å². The van der Waals surface area contributed by atoms with E-state index in [1.807, 2.05) is 30.3 Å². The first-order valence-corrected chi connectivity index (χ1v) is 7.91. The smallest absolute Gasteiger partial charge is 0.162 e. The first kappa shape index (κ1) is 15.2. The summed E-state index contributed by atoms with van der Waals surface area (Å²) in [4.78, 5) is 8.73. The Bertz CT molecular complexity index is 1060. The number of benzene rings is 3. The minimum atomic E-state index is 0.644. The Morgan fingerprint density at radius 2 is 1.56 bits per heavy atom. The van der Waals surface area contributed by atoms with E-state index in [2.05, 4.69) is 39.6 Å². The lowest BCUT2D eigenvalue weighted by Crippen LogP contribution is -1.98. The van der Waals surface area contributed by atoms with E-state index < -0.39 is 0 Å². The van der Waals surface area contributed by atoms with Crippen molar-refractivity contribution in [2.75, 3.05) is 19.5 Å². The zero-order chi connectivity index (χ0) is 17.2. The first-order valence-electron chi connectivity index (χ1n) is 7.91. The Hall–Kier alpha value is -3.34. The van der Waals surface area contributed by atoms with E-state index in [0.29, 0.717) is 11.5 Å². The van der Waals surface area contributed by atoms with Crippen LogP contribution in [0, 0.1) is 0 Å². The lowest BCUT2D eigenvalue weighted by molar-refractivity contribution is 0.356. The van der Waals surface area contributed by atoms with Crippen LogP contribution in [0.25, 0.3) is 21.7 Å². The van der Waals surface area contributed by atoms with Gasteiger partial charge in [0.1, 0.15) is 12.1 Å². The predicted molar refractivity (Wildman–Crippen MR) is 99.9 cm³/mol. The van der Waals surface area contributed by atoms with Crippen molar-refractivity contribution < 1.29 is 9.47 Å². The van der Waals surface area contributed by atoms with Crippen LogP contribution in [0.1, 0.15) is 0 Å². The summed E-state index contributed by atoms with van der Waals surface area (Å²) in [6.07, 6.45) is 1.54. The highest BCUT2D eigenvalue weighted by Crippen LogP contribution is 2.34. The van der Waals surface area contributed by atoms with Gasteiger partial charge in [0.05, 0.1) is 19.7 Å². The molecule has 1 aromatic heterocycles. The van der Waals surface area contributed by atoms with E-state index in [-0.39, 0.29) is 0 Å². The van der Waals surface area contributed by atoms with Crippen LogP contribution in [-0.4, -0.2) is 24.2 Å². The van der Waals surface area contributed by atoms with Crippen LogP contribution in [-0.2, 0) is 0 Å². The molecule has 25 heavy (non-hydrogen) atoms. The van der Waals surface area contributed by atoms with E-state index >= 15 is 0 Å². The minimum Gasteiger partial charge on any atom is -0.493 e. The lowest BCUT2D eigenvalue weighted by Gasteiger charge is -2.12. The largest absolute Gasteiger partial charge is 0.493 e. The van der Waals surface area contributed by atoms with Crippen molar-refractivity contribution in [3.63, 3.8) is 0 Å². The predicted octanol–water partition coefficient (Wildman–Crippen LogP) is 4.54. The van der Waals surface area contributed by atoms with Crippen LogP contribution >= 0.6 is 0 Å². The Labute approximate surface area is 145 Å². The highest BCUT2D eigenvalue weighted by molar-refractivity contribution is 5.94. The second kappa shape index (κ2) is 6.28. The molecule has 124 valence electrons. The molecule has 0 aliphatic heterocycles. The summed E-state index contributed by atoms with van der Waals surface area (Å²) in [6.45, 7) is 0. The van der Waals surface area contributed by atoms with Gasteiger partial charge in [-0.2, -0.15) is 0 Å². The van der Waals surface area contributed by atoms with Gasteiger partial charge in [-0.15, -0.1) is 0 Å². The maximum absolute atomic E-state index is 5.40. The van der Waals surface area contributed by atoms with Gasteiger partial charge in [-0.25, -0.2) is 9.97 Å². The molecule has 1 heterocycles. The van der Waals surface area contributed by atoms with Crippen LogP contribution in [0.15, 0.2) is 60.9 Å². The molecule has 0 atom stereocenters. The van der Waals surface area contributed by atoms with Gasteiger partial charge in [0.25, 0.3) is 0 Å². The average Bonchev–Trinajstić information content (AvgIpc) is 2.67. The van der Waals surface area contributed by atoms with E-state index in [0.717, 1.165) is 22.4 Å². The molecule has 5 nitrogen and oxygen atoms in total. The molecule has 0 radical (unpaired) electrons. The fourth-order valence-electron chi connectivity index (χ4n) is 2.89. The van der Waals surface area contributed by atoms with Crippen LogP contribution in [0.4, 0.5) is 11.5 Å². The molecule has 4 rings (SSSR count).